The van der Waals surface area contributed by atoms with Crippen LogP contribution in [0.4, 0.5) is 5.95 Å². The van der Waals surface area contributed by atoms with Crippen LogP contribution in [0.2, 0.25) is 0 Å². The molecule has 2 aromatic heterocycles. The Morgan fingerprint density at radius 1 is 1.09 bits per heavy atom. The molecule has 3 aromatic rings. The van der Waals surface area contributed by atoms with E-state index in [-0.39, 0.29) is 18.5 Å². The number of hydrogen-bond acceptors (Lipinski definition) is 7. The highest BCUT2D eigenvalue weighted by atomic mass is 16.9. The molecule has 0 spiro atoms. The van der Waals surface area contributed by atoms with E-state index in [2.05, 4.69) is 45.7 Å². The van der Waals surface area contributed by atoms with Crippen LogP contribution in [0, 0.1) is 20.8 Å². The van der Waals surface area contributed by atoms with Gasteiger partial charge in [0.1, 0.15) is 11.4 Å². The molecule has 2 fully saturated rings. The van der Waals surface area contributed by atoms with Crippen LogP contribution in [0.3, 0.4) is 0 Å². The first-order chi connectivity index (χ1) is 15.4. The van der Waals surface area contributed by atoms with Gasteiger partial charge in [-0.2, -0.15) is 0 Å². The molecular formula is C24H31N5O3. The lowest BCUT2D eigenvalue weighted by Gasteiger charge is -2.43. The SMILES string of the molecule is Cc1cc(C)c2nc(NC3CCN(C4OC(C)O4)CC3)n(Cc3nc(C)ccc3O)c2c1. The summed E-state index contributed by atoms with van der Waals surface area (Å²) in [7, 11) is 0. The molecule has 32 heavy (non-hydrogen) atoms. The van der Waals surface area contributed by atoms with E-state index in [1.54, 1.807) is 6.07 Å². The molecule has 2 saturated heterocycles. The second kappa shape index (κ2) is 8.35. The van der Waals surface area contributed by atoms with Crippen molar-refractivity contribution in [1.29, 1.82) is 0 Å². The lowest BCUT2D eigenvalue weighted by atomic mass is 10.1. The first-order valence-corrected chi connectivity index (χ1v) is 11.3. The largest absolute Gasteiger partial charge is 0.506 e. The molecule has 5 rings (SSSR count). The van der Waals surface area contributed by atoms with Crippen molar-refractivity contribution < 1.29 is 14.6 Å². The van der Waals surface area contributed by atoms with Crippen LogP contribution in [-0.4, -0.2) is 56.4 Å². The number of hydrogen-bond donors (Lipinski definition) is 2. The molecule has 0 aliphatic carbocycles. The number of aromatic hydroxyl groups is 1. The average molecular weight is 438 g/mol. The summed E-state index contributed by atoms with van der Waals surface area (Å²) < 4.78 is 13.4. The number of anilines is 1. The Balaban J connectivity index is 1.41. The maximum absolute atomic E-state index is 10.4. The summed E-state index contributed by atoms with van der Waals surface area (Å²) in [4.78, 5) is 11.8. The van der Waals surface area contributed by atoms with Crippen molar-refractivity contribution in [2.45, 2.75) is 65.8 Å². The van der Waals surface area contributed by atoms with E-state index in [1.807, 2.05) is 19.9 Å². The number of pyridine rings is 1. The number of aromatic nitrogens is 3. The van der Waals surface area contributed by atoms with Crippen LogP contribution < -0.4 is 5.32 Å². The van der Waals surface area contributed by atoms with Gasteiger partial charge in [0.2, 0.25) is 12.4 Å². The zero-order chi connectivity index (χ0) is 22.4. The third-order valence-electron chi connectivity index (χ3n) is 6.36. The van der Waals surface area contributed by atoms with E-state index in [1.165, 1.54) is 5.56 Å². The highest BCUT2D eigenvalue weighted by Gasteiger charge is 2.35. The van der Waals surface area contributed by atoms with Crippen LogP contribution in [0.15, 0.2) is 24.3 Å². The van der Waals surface area contributed by atoms with Gasteiger partial charge in [0.05, 0.1) is 17.6 Å². The monoisotopic (exact) mass is 437 g/mol. The lowest BCUT2D eigenvalue weighted by molar-refractivity contribution is -0.423. The number of nitrogens with one attached hydrogen (secondary N) is 1. The van der Waals surface area contributed by atoms with Crippen LogP contribution in [0.25, 0.3) is 11.0 Å². The maximum Gasteiger partial charge on any atom is 0.223 e. The van der Waals surface area contributed by atoms with Crippen molar-refractivity contribution in [3.8, 4) is 5.75 Å². The van der Waals surface area contributed by atoms with Crippen molar-refractivity contribution in [2.75, 3.05) is 18.4 Å². The van der Waals surface area contributed by atoms with Crippen molar-refractivity contribution in [3.63, 3.8) is 0 Å². The van der Waals surface area contributed by atoms with Gasteiger partial charge >= 0.3 is 0 Å². The first-order valence-electron chi connectivity index (χ1n) is 11.3. The molecule has 0 saturated carbocycles. The summed E-state index contributed by atoms with van der Waals surface area (Å²) in [6, 6.07) is 8.15. The van der Waals surface area contributed by atoms with Gasteiger partial charge in [-0.05, 0) is 69.9 Å². The van der Waals surface area contributed by atoms with Crippen molar-refractivity contribution in [2.24, 2.45) is 0 Å². The van der Waals surface area contributed by atoms with E-state index in [9.17, 15) is 5.11 Å². The Morgan fingerprint density at radius 2 is 1.84 bits per heavy atom. The molecule has 0 bridgehead atoms. The van der Waals surface area contributed by atoms with Crippen LogP contribution in [0.1, 0.15) is 42.3 Å². The van der Waals surface area contributed by atoms with Gasteiger partial charge in [-0.3, -0.25) is 9.88 Å². The predicted octanol–water partition coefficient (Wildman–Crippen LogP) is 3.66. The molecular weight excluding hydrogens is 406 g/mol. The zero-order valence-electron chi connectivity index (χ0n) is 19.1. The molecule has 0 amide bonds. The Kier molecular flexibility index (Phi) is 5.53. The summed E-state index contributed by atoms with van der Waals surface area (Å²) in [6.45, 7) is 10.3. The highest BCUT2D eigenvalue weighted by Crippen LogP contribution is 2.29. The van der Waals surface area contributed by atoms with E-state index in [4.69, 9.17) is 14.5 Å². The highest BCUT2D eigenvalue weighted by molar-refractivity contribution is 5.83. The Bertz CT molecular complexity index is 1130. The van der Waals surface area contributed by atoms with Gasteiger partial charge in [0.25, 0.3) is 0 Å². The molecule has 0 atom stereocenters. The van der Waals surface area contributed by atoms with Crippen molar-refractivity contribution in [3.05, 3.63) is 46.8 Å². The number of ether oxygens (including phenoxy) is 2. The van der Waals surface area contributed by atoms with Gasteiger partial charge in [0.15, 0.2) is 6.29 Å². The number of imidazole rings is 1. The summed E-state index contributed by atoms with van der Waals surface area (Å²) in [5, 5.41) is 14.1. The van der Waals surface area contributed by atoms with E-state index in [0.717, 1.165) is 54.2 Å². The van der Waals surface area contributed by atoms with Crippen LogP contribution in [0.5, 0.6) is 5.75 Å². The summed E-state index contributed by atoms with van der Waals surface area (Å²) in [6.07, 6.45) is 1.66. The van der Waals surface area contributed by atoms with E-state index in [0.29, 0.717) is 18.3 Å². The number of rotatable bonds is 5. The second-order valence-electron chi connectivity index (χ2n) is 8.99. The number of benzene rings is 1. The van der Waals surface area contributed by atoms with Gasteiger partial charge in [0, 0.05) is 24.8 Å². The zero-order valence-corrected chi connectivity index (χ0v) is 19.1. The Hall–Kier alpha value is -2.68. The van der Waals surface area contributed by atoms with E-state index >= 15 is 0 Å². The molecule has 8 nitrogen and oxygen atoms in total. The molecule has 2 aliphatic rings. The summed E-state index contributed by atoms with van der Waals surface area (Å²) >= 11 is 0. The minimum absolute atomic E-state index is 0.103. The molecule has 1 aromatic carbocycles. The van der Waals surface area contributed by atoms with Crippen molar-refractivity contribution >= 4 is 17.0 Å². The second-order valence-corrected chi connectivity index (χ2v) is 8.99. The summed E-state index contributed by atoms with van der Waals surface area (Å²) in [5.74, 6) is 1.02. The van der Waals surface area contributed by atoms with Gasteiger partial charge < -0.3 is 24.5 Å². The molecule has 2 aliphatic heterocycles. The molecule has 2 N–H and O–H groups in total. The van der Waals surface area contributed by atoms with Gasteiger partial charge in [-0.15, -0.1) is 0 Å². The quantitative estimate of drug-likeness (QED) is 0.630. The van der Waals surface area contributed by atoms with Crippen LogP contribution in [-0.2, 0) is 16.0 Å². The number of piperidine rings is 1. The molecule has 4 heterocycles. The van der Waals surface area contributed by atoms with Gasteiger partial charge in [-0.1, -0.05) is 6.07 Å². The smallest absolute Gasteiger partial charge is 0.223 e. The van der Waals surface area contributed by atoms with Crippen LogP contribution >= 0.6 is 0 Å². The maximum atomic E-state index is 10.4. The fourth-order valence-electron chi connectivity index (χ4n) is 4.66. The Labute approximate surface area is 188 Å². The standard InChI is InChI=1S/C24H31N5O3/c1-14-11-15(2)22-20(12-14)29(13-19-21(30)6-5-16(3)25-19)23(27-22)26-18-7-9-28(10-8-18)24-31-17(4)32-24/h5-6,11-12,17-18,24,30H,7-10,13H2,1-4H3,(H,26,27). The first kappa shape index (κ1) is 21.2. The Morgan fingerprint density at radius 3 is 2.56 bits per heavy atom. The van der Waals surface area contributed by atoms with Crippen molar-refractivity contribution in [1.82, 2.24) is 19.4 Å². The van der Waals surface area contributed by atoms with E-state index < -0.39 is 0 Å². The number of aryl methyl sites for hydroxylation is 3. The lowest BCUT2D eigenvalue weighted by Crippen LogP contribution is -2.54. The summed E-state index contributed by atoms with van der Waals surface area (Å²) in [5.41, 5.74) is 5.89. The average Bonchev–Trinajstić information content (AvgIpc) is 3.06. The molecule has 8 heteroatoms. The van der Waals surface area contributed by atoms with Gasteiger partial charge in [-0.25, -0.2) is 4.98 Å². The fraction of sp³-hybridized carbons (Fsp3) is 0.500. The molecule has 170 valence electrons. The predicted molar refractivity (Wildman–Crippen MR) is 123 cm³/mol. The topological polar surface area (TPSA) is 84.7 Å². The fourth-order valence-corrected chi connectivity index (χ4v) is 4.66. The number of nitrogens with zero attached hydrogens (tertiary/aromatic N) is 4. The number of fused-ring (bicyclic) bond motifs is 1. The normalized spacial score (nSPS) is 22.2. The number of likely N-dealkylation sites (tertiary alicyclic amines) is 1. The third kappa shape index (κ3) is 4.05. The molecule has 0 unspecified atom stereocenters. The minimum Gasteiger partial charge on any atom is -0.506 e. The third-order valence-corrected chi connectivity index (χ3v) is 6.36. The molecule has 0 radical (unpaired) electrons. The minimum atomic E-state index is -0.198.